The Bertz CT molecular complexity index is 725. The highest BCUT2D eigenvalue weighted by Crippen LogP contribution is 2.11. The van der Waals surface area contributed by atoms with Crippen molar-refractivity contribution >= 4 is 11.6 Å². The summed E-state index contributed by atoms with van der Waals surface area (Å²) in [5.74, 6) is -0.271. The average molecular weight is 287 g/mol. The number of rotatable bonds is 2. The standard InChI is InChI=1S/C15H17N3O3/c1-2-11-10-17(7-8-21-11)14(19)12-9-16-13-5-3-4-6-18(13)15(12)20/h3-6,9,11H,2,7-8,10H2,1H3. The number of aromatic nitrogens is 2. The average Bonchev–Trinajstić information content (AvgIpc) is 2.55. The van der Waals surface area contributed by atoms with Crippen LogP contribution in [0.5, 0.6) is 0 Å². The molecule has 1 saturated heterocycles. The molecule has 2 aromatic rings. The van der Waals surface area contributed by atoms with Crippen molar-refractivity contribution in [1.82, 2.24) is 14.3 Å². The predicted octanol–water partition coefficient (Wildman–Crippen LogP) is 0.946. The number of ether oxygens (including phenoxy) is 1. The number of carbonyl (C=O) groups is 1. The van der Waals surface area contributed by atoms with E-state index in [1.54, 1.807) is 29.3 Å². The van der Waals surface area contributed by atoms with Gasteiger partial charge in [0.15, 0.2) is 0 Å². The smallest absolute Gasteiger partial charge is 0.270 e. The molecule has 0 N–H and O–H groups in total. The van der Waals surface area contributed by atoms with Crippen LogP contribution in [-0.2, 0) is 4.74 Å². The second-order valence-electron chi connectivity index (χ2n) is 5.06. The number of amides is 1. The van der Waals surface area contributed by atoms with E-state index in [1.807, 2.05) is 6.92 Å². The van der Waals surface area contributed by atoms with Crippen molar-refractivity contribution in [3.8, 4) is 0 Å². The fraction of sp³-hybridized carbons (Fsp3) is 0.400. The molecule has 21 heavy (non-hydrogen) atoms. The maximum atomic E-state index is 12.5. The Balaban J connectivity index is 1.94. The van der Waals surface area contributed by atoms with Gasteiger partial charge in [-0.1, -0.05) is 13.0 Å². The molecule has 1 atom stereocenters. The van der Waals surface area contributed by atoms with Crippen LogP contribution in [0.25, 0.3) is 5.65 Å². The van der Waals surface area contributed by atoms with Gasteiger partial charge < -0.3 is 9.64 Å². The third-order valence-electron chi connectivity index (χ3n) is 3.73. The number of pyridine rings is 1. The summed E-state index contributed by atoms with van der Waals surface area (Å²) in [6.45, 7) is 3.55. The molecule has 0 bridgehead atoms. The molecule has 3 heterocycles. The van der Waals surface area contributed by atoms with E-state index in [0.717, 1.165) is 6.42 Å². The second kappa shape index (κ2) is 5.65. The monoisotopic (exact) mass is 287 g/mol. The highest BCUT2D eigenvalue weighted by atomic mass is 16.5. The van der Waals surface area contributed by atoms with Crippen LogP contribution in [0.2, 0.25) is 0 Å². The Morgan fingerprint density at radius 2 is 2.33 bits per heavy atom. The van der Waals surface area contributed by atoms with Gasteiger partial charge in [-0.05, 0) is 18.6 Å². The molecule has 1 unspecified atom stereocenters. The Hall–Kier alpha value is -2.21. The molecule has 1 amide bonds. The van der Waals surface area contributed by atoms with Crippen LogP contribution in [0, 0.1) is 0 Å². The Morgan fingerprint density at radius 3 is 3.14 bits per heavy atom. The first-order chi connectivity index (χ1) is 10.2. The van der Waals surface area contributed by atoms with E-state index in [0.29, 0.717) is 25.3 Å². The van der Waals surface area contributed by atoms with Gasteiger partial charge in [-0.25, -0.2) is 4.98 Å². The van der Waals surface area contributed by atoms with E-state index >= 15 is 0 Å². The molecule has 6 nitrogen and oxygen atoms in total. The van der Waals surface area contributed by atoms with Crippen LogP contribution in [0.4, 0.5) is 0 Å². The summed E-state index contributed by atoms with van der Waals surface area (Å²) in [7, 11) is 0. The Morgan fingerprint density at radius 1 is 1.48 bits per heavy atom. The number of nitrogens with zero attached hydrogens (tertiary/aromatic N) is 3. The van der Waals surface area contributed by atoms with Crippen molar-refractivity contribution in [3.63, 3.8) is 0 Å². The molecule has 6 heteroatoms. The predicted molar refractivity (Wildman–Crippen MR) is 77.4 cm³/mol. The maximum Gasteiger partial charge on any atom is 0.270 e. The molecule has 2 aromatic heterocycles. The highest BCUT2D eigenvalue weighted by molar-refractivity contribution is 5.93. The third-order valence-corrected chi connectivity index (χ3v) is 3.73. The van der Waals surface area contributed by atoms with E-state index in [-0.39, 0.29) is 23.1 Å². The molecule has 1 aliphatic heterocycles. The molecule has 1 fully saturated rings. The summed E-state index contributed by atoms with van der Waals surface area (Å²) in [4.78, 5) is 30.8. The van der Waals surface area contributed by atoms with Crippen molar-refractivity contribution in [2.45, 2.75) is 19.4 Å². The SMILES string of the molecule is CCC1CN(C(=O)c2cnc3ccccn3c2=O)CCO1. The molecule has 0 aliphatic carbocycles. The van der Waals surface area contributed by atoms with Gasteiger partial charge in [-0.3, -0.25) is 14.0 Å². The molecule has 0 spiro atoms. The molecule has 0 aromatic carbocycles. The number of carbonyl (C=O) groups excluding carboxylic acids is 1. The minimum absolute atomic E-state index is 0.0406. The van der Waals surface area contributed by atoms with Crippen LogP contribution >= 0.6 is 0 Å². The van der Waals surface area contributed by atoms with Gasteiger partial charge in [0.2, 0.25) is 0 Å². The van der Waals surface area contributed by atoms with Gasteiger partial charge in [0.25, 0.3) is 11.5 Å². The van der Waals surface area contributed by atoms with Gasteiger partial charge in [0.05, 0.1) is 12.7 Å². The van der Waals surface area contributed by atoms with Gasteiger partial charge in [0.1, 0.15) is 11.2 Å². The Kier molecular flexibility index (Phi) is 3.70. The van der Waals surface area contributed by atoms with Crippen molar-refractivity contribution < 1.29 is 9.53 Å². The molecular weight excluding hydrogens is 270 g/mol. The van der Waals surface area contributed by atoms with Gasteiger partial charge in [-0.15, -0.1) is 0 Å². The summed E-state index contributed by atoms with van der Waals surface area (Å²) in [6.07, 6.45) is 3.88. The third kappa shape index (κ3) is 2.54. The van der Waals surface area contributed by atoms with Crippen LogP contribution in [0.3, 0.4) is 0 Å². The molecule has 3 rings (SSSR count). The molecule has 1 aliphatic rings. The summed E-state index contributed by atoms with van der Waals surface area (Å²) < 4.78 is 6.94. The zero-order valence-electron chi connectivity index (χ0n) is 11.9. The van der Waals surface area contributed by atoms with Crippen LogP contribution < -0.4 is 5.56 Å². The number of morpholine rings is 1. The van der Waals surface area contributed by atoms with Crippen LogP contribution in [-0.4, -0.2) is 46.0 Å². The molecule has 110 valence electrons. The summed E-state index contributed by atoms with van der Waals surface area (Å²) in [5, 5.41) is 0. The lowest BCUT2D eigenvalue weighted by Gasteiger charge is -2.32. The second-order valence-corrected chi connectivity index (χ2v) is 5.06. The van der Waals surface area contributed by atoms with E-state index in [9.17, 15) is 9.59 Å². The largest absolute Gasteiger partial charge is 0.375 e. The summed E-state index contributed by atoms with van der Waals surface area (Å²) in [6, 6.07) is 5.28. The van der Waals surface area contributed by atoms with E-state index < -0.39 is 0 Å². The maximum absolute atomic E-state index is 12.5. The number of hydrogen-bond donors (Lipinski definition) is 0. The normalized spacial score (nSPS) is 18.9. The lowest BCUT2D eigenvalue weighted by molar-refractivity contribution is -0.0227. The van der Waals surface area contributed by atoms with Crippen molar-refractivity contribution in [2.75, 3.05) is 19.7 Å². The molecular formula is C15H17N3O3. The first kappa shape index (κ1) is 13.8. The summed E-state index contributed by atoms with van der Waals surface area (Å²) >= 11 is 0. The summed E-state index contributed by atoms with van der Waals surface area (Å²) in [5.41, 5.74) is 0.313. The minimum atomic E-state index is -0.329. The lowest BCUT2D eigenvalue weighted by Crippen LogP contribution is -2.46. The van der Waals surface area contributed by atoms with Crippen LogP contribution in [0.1, 0.15) is 23.7 Å². The first-order valence-electron chi connectivity index (χ1n) is 7.08. The quantitative estimate of drug-likeness (QED) is 0.825. The van der Waals surface area contributed by atoms with Gasteiger partial charge in [-0.2, -0.15) is 0 Å². The fourth-order valence-electron chi connectivity index (χ4n) is 2.49. The van der Waals surface area contributed by atoms with Crippen molar-refractivity contribution in [2.24, 2.45) is 0 Å². The topological polar surface area (TPSA) is 63.9 Å². The first-order valence-corrected chi connectivity index (χ1v) is 7.08. The highest BCUT2D eigenvalue weighted by Gasteiger charge is 2.26. The van der Waals surface area contributed by atoms with Gasteiger partial charge >= 0.3 is 0 Å². The van der Waals surface area contributed by atoms with Gasteiger partial charge in [0, 0.05) is 25.5 Å². The van der Waals surface area contributed by atoms with E-state index in [1.165, 1.54) is 10.6 Å². The molecule has 0 radical (unpaired) electrons. The minimum Gasteiger partial charge on any atom is -0.375 e. The van der Waals surface area contributed by atoms with E-state index in [4.69, 9.17) is 4.74 Å². The van der Waals surface area contributed by atoms with Crippen LogP contribution in [0.15, 0.2) is 35.4 Å². The zero-order chi connectivity index (χ0) is 14.8. The Labute approximate surface area is 122 Å². The number of fused-ring (bicyclic) bond motifs is 1. The van der Waals surface area contributed by atoms with Crippen molar-refractivity contribution in [1.29, 1.82) is 0 Å². The van der Waals surface area contributed by atoms with Crippen molar-refractivity contribution in [3.05, 3.63) is 46.5 Å². The lowest BCUT2D eigenvalue weighted by atomic mass is 10.2. The number of hydrogen-bond acceptors (Lipinski definition) is 4. The zero-order valence-corrected chi connectivity index (χ0v) is 11.9. The van der Waals surface area contributed by atoms with E-state index in [2.05, 4.69) is 4.98 Å². The molecule has 0 saturated carbocycles. The fourth-order valence-corrected chi connectivity index (χ4v) is 2.49.